The Balaban J connectivity index is 2.15. The van der Waals surface area contributed by atoms with Crippen LogP contribution in [0, 0.1) is 0 Å². The van der Waals surface area contributed by atoms with Gasteiger partial charge in [0, 0.05) is 5.02 Å². The molecule has 0 saturated carbocycles. The van der Waals surface area contributed by atoms with Gasteiger partial charge in [-0.2, -0.15) is 0 Å². The fourth-order valence-corrected chi connectivity index (χ4v) is 2.95. The average Bonchev–Trinajstić information content (AvgIpc) is 2.93. The summed E-state index contributed by atoms with van der Waals surface area (Å²) in [6, 6.07) is 9.46. The van der Waals surface area contributed by atoms with E-state index in [9.17, 15) is 5.11 Å². The van der Waals surface area contributed by atoms with Crippen LogP contribution in [-0.4, -0.2) is 20.1 Å². The topological polar surface area (TPSA) is 50.9 Å². The number of rotatable bonds is 5. The van der Waals surface area contributed by atoms with E-state index >= 15 is 0 Å². The predicted octanol–water partition coefficient (Wildman–Crippen LogP) is 4.68. The molecule has 0 aliphatic carbocycles. The third-order valence-corrected chi connectivity index (χ3v) is 4.08. The maximum absolute atomic E-state index is 10.6. The first-order valence-corrected chi connectivity index (χ1v) is 8.38. The second-order valence-electron chi connectivity index (χ2n) is 5.75. The molecule has 0 unspecified atom stereocenters. The van der Waals surface area contributed by atoms with Crippen molar-refractivity contribution in [2.75, 3.05) is 0 Å². The van der Waals surface area contributed by atoms with E-state index in [1.807, 2.05) is 12.1 Å². The number of aromatic hydroxyl groups is 1. The third kappa shape index (κ3) is 3.17. The van der Waals surface area contributed by atoms with Crippen LogP contribution in [0.4, 0.5) is 0 Å². The maximum atomic E-state index is 10.6. The zero-order valence-electron chi connectivity index (χ0n) is 13.4. The van der Waals surface area contributed by atoms with Crippen LogP contribution in [0.15, 0.2) is 30.3 Å². The van der Waals surface area contributed by atoms with Crippen molar-refractivity contribution in [2.24, 2.45) is 0 Å². The van der Waals surface area contributed by atoms with Crippen LogP contribution in [0.5, 0.6) is 5.75 Å². The summed E-state index contributed by atoms with van der Waals surface area (Å²) in [5, 5.41) is 20.2. The number of nitrogens with zero attached hydrogens (tertiary/aromatic N) is 3. The summed E-state index contributed by atoms with van der Waals surface area (Å²) in [6.45, 7) is 4.25. The summed E-state index contributed by atoms with van der Waals surface area (Å²) in [4.78, 5) is 1.51. The number of phenolic OH excluding ortho intramolecular Hbond substituents is 1. The largest absolute Gasteiger partial charge is 0.505 e. The SMILES string of the molecule is CCCc1cc(CCC)c(O)c(-n2nc3ccc(Cl)cc3n2)c1. The molecule has 2 aromatic carbocycles. The third-order valence-electron chi connectivity index (χ3n) is 3.84. The zero-order chi connectivity index (χ0) is 16.4. The molecule has 0 spiro atoms. The predicted molar refractivity (Wildman–Crippen MR) is 93.5 cm³/mol. The van der Waals surface area contributed by atoms with Gasteiger partial charge < -0.3 is 5.11 Å². The minimum atomic E-state index is 0.262. The van der Waals surface area contributed by atoms with Crippen molar-refractivity contribution in [3.63, 3.8) is 0 Å². The molecule has 23 heavy (non-hydrogen) atoms. The number of fused-ring (bicyclic) bond motifs is 1. The molecule has 0 bridgehead atoms. The van der Waals surface area contributed by atoms with Crippen LogP contribution >= 0.6 is 11.6 Å². The lowest BCUT2D eigenvalue weighted by Crippen LogP contribution is -2.03. The average molecular weight is 330 g/mol. The first kappa shape index (κ1) is 15.8. The van der Waals surface area contributed by atoms with Gasteiger partial charge in [0.2, 0.25) is 0 Å². The molecular weight excluding hydrogens is 310 g/mol. The van der Waals surface area contributed by atoms with Crippen LogP contribution in [0.25, 0.3) is 16.7 Å². The highest BCUT2D eigenvalue weighted by atomic mass is 35.5. The van der Waals surface area contributed by atoms with Crippen molar-refractivity contribution in [2.45, 2.75) is 39.5 Å². The van der Waals surface area contributed by atoms with Crippen molar-refractivity contribution >= 4 is 22.6 Å². The second-order valence-corrected chi connectivity index (χ2v) is 6.18. The summed E-state index contributed by atoms with van der Waals surface area (Å²) in [7, 11) is 0. The maximum Gasteiger partial charge on any atom is 0.146 e. The molecule has 4 nitrogen and oxygen atoms in total. The highest BCUT2D eigenvalue weighted by Crippen LogP contribution is 2.30. The fraction of sp³-hybridized carbons (Fsp3) is 0.333. The van der Waals surface area contributed by atoms with Gasteiger partial charge in [0.05, 0.1) is 0 Å². The van der Waals surface area contributed by atoms with E-state index in [1.54, 1.807) is 12.1 Å². The smallest absolute Gasteiger partial charge is 0.146 e. The molecule has 3 aromatic rings. The van der Waals surface area contributed by atoms with Crippen LogP contribution < -0.4 is 0 Å². The number of phenols is 1. The molecule has 1 aromatic heterocycles. The summed E-state index contributed by atoms with van der Waals surface area (Å²) < 4.78 is 0. The molecule has 1 N–H and O–H groups in total. The highest BCUT2D eigenvalue weighted by Gasteiger charge is 2.14. The van der Waals surface area contributed by atoms with Gasteiger partial charge in [-0.3, -0.25) is 0 Å². The summed E-state index contributed by atoms with van der Waals surface area (Å²) in [5.74, 6) is 0.262. The molecule has 3 rings (SSSR count). The molecule has 0 saturated heterocycles. The summed E-state index contributed by atoms with van der Waals surface area (Å²) in [5.41, 5.74) is 4.25. The number of aromatic nitrogens is 3. The molecular formula is C18H20ClN3O. The lowest BCUT2D eigenvalue weighted by atomic mass is 10.0. The fourth-order valence-electron chi connectivity index (χ4n) is 2.78. The minimum Gasteiger partial charge on any atom is -0.505 e. The van der Waals surface area contributed by atoms with E-state index in [0.29, 0.717) is 10.7 Å². The summed E-state index contributed by atoms with van der Waals surface area (Å²) >= 11 is 6.01. The molecule has 0 aliphatic heterocycles. The van der Waals surface area contributed by atoms with Crippen molar-refractivity contribution in [3.05, 3.63) is 46.5 Å². The Kier molecular flexibility index (Phi) is 4.53. The van der Waals surface area contributed by atoms with Crippen LogP contribution in [0.1, 0.15) is 37.8 Å². The molecule has 5 heteroatoms. The first-order valence-electron chi connectivity index (χ1n) is 8.00. The standard InChI is InChI=1S/C18H20ClN3O/c1-3-5-12-9-13(6-4-2)18(23)17(10-12)22-20-15-8-7-14(19)11-16(15)21-22/h7-11,23H,3-6H2,1-2H3. The lowest BCUT2D eigenvalue weighted by Gasteiger charge is -2.11. The molecule has 0 radical (unpaired) electrons. The van der Waals surface area contributed by atoms with Gasteiger partial charge in [-0.05, 0) is 48.2 Å². The van der Waals surface area contributed by atoms with Gasteiger partial charge in [-0.25, -0.2) is 0 Å². The van der Waals surface area contributed by atoms with Gasteiger partial charge >= 0.3 is 0 Å². The van der Waals surface area contributed by atoms with Crippen LogP contribution in [-0.2, 0) is 12.8 Å². The number of halogens is 1. The van der Waals surface area contributed by atoms with Crippen LogP contribution in [0.3, 0.4) is 0 Å². The van der Waals surface area contributed by atoms with E-state index in [2.05, 4.69) is 30.1 Å². The van der Waals surface area contributed by atoms with Gasteiger partial charge in [0.1, 0.15) is 22.5 Å². The number of aryl methyl sites for hydroxylation is 2. The second kappa shape index (κ2) is 6.59. The van der Waals surface area contributed by atoms with Crippen molar-refractivity contribution in [3.8, 4) is 11.4 Å². The van der Waals surface area contributed by atoms with E-state index < -0.39 is 0 Å². The van der Waals surface area contributed by atoms with E-state index in [0.717, 1.165) is 42.3 Å². The van der Waals surface area contributed by atoms with Crippen molar-refractivity contribution in [1.82, 2.24) is 15.0 Å². The molecule has 0 atom stereocenters. The van der Waals surface area contributed by atoms with Gasteiger partial charge in [0.15, 0.2) is 0 Å². The highest BCUT2D eigenvalue weighted by molar-refractivity contribution is 6.31. The van der Waals surface area contributed by atoms with Gasteiger partial charge in [-0.15, -0.1) is 15.0 Å². The normalized spacial score (nSPS) is 11.3. The lowest BCUT2D eigenvalue weighted by molar-refractivity contribution is 0.460. The molecule has 1 heterocycles. The minimum absolute atomic E-state index is 0.262. The Hall–Kier alpha value is -2.07. The molecule has 0 amide bonds. The van der Waals surface area contributed by atoms with E-state index in [4.69, 9.17) is 11.6 Å². The Morgan fingerprint density at radius 2 is 1.74 bits per heavy atom. The quantitative estimate of drug-likeness (QED) is 0.739. The monoisotopic (exact) mass is 329 g/mol. The Bertz CT molecular complexity index is 842. The number of benzene rings is 2. The number of hydrogen-bond donors (Lipinski definition) is 1. The van der Waals surface area contributed by atoms with Gasteiger partial charge in [0.25, 0.3) is 0 Å². The summed E-state index contributed by atoms with van der Waals surface area (Å²) in [6.07, 6.45) is 3.84. The Labute approximate surface area is 140 Å². The van der Waals surface area contributed by atoms with Crippen molar-refractivity contribution in [1.29, 1.82) is 0 Å². The molecule has 0 aliphatic rings. The molecule has 120 valence electrons. The first-order chi connectivity index (χ1) is 11.1. The molecule has 0 fully saturated rings. The zero-order valence-corrected chi connectivity index (χ0v) is 14.1. The van der Waals surface area contributed by atoms with Gasteiger partial charge in [-0.1, -0.05) is 44.4 Å². The van der Waals surface area contributed by atoms with E-state index in [1.165, 1.54) is 10.4 Å². The van der Waals surface area contributed by atoms with E-state index in [-0.39, 0.29) is 5.75 Å². The Morgan fingerprint density at radius 3 is 2.48 bits per heavy atom. The Morgan fingerprint density at radius 1 is 1.00 bits per heavy atom. The number of hydrogen-bond acceptors (Lipinski definition) is 3. The van der Waals surface area contributed by atoms with Crippen molar-refractivity contribution < 1.29 is 5.11 Å². The van der Waals surface area contributed by atoms with Crippen LogP contribution in [0.2, 0.25) is 5.02 Å².